The van der Waals surface area contributed by atoms with Crippen molar-refractivity contribution in [2.45, 2.75) is 11.1 Å². The molecule has 1 aromatic carbocycles. The van der Waals surface area contributed by atoms with Gasteiger partial charge in [0.15, 0.2) is 5.76 Å². The number of carbonyl (C=O) groups excluding carboxylic acids is 1. The molecule has 0 saturated carbocycles. The Labute approximate surface area is 165 Å². The van der Waals surface area contributed by atoms with Crippen molar-refractivity contribution in [2.24, 2.45) is 0 Å². The zero-order valence-corrected chi connectivity index (χ0v) is 16.1. The minimum absolute atomic E-state index is 0.112. The molecule has 3 heterocycles. The minimum Gasteiger partial charge on any atom is -0.454 e. The van der Waals surface area contributed by atoms with Crippen molar-refractivity contribution in [3.05, 3.63) is 88.2 Å². The van der Waals surface area contributed by atoms with E-state index in [4.69, 9.17) is 4.42 Å². The highest BCUT2D eigenvalue weighted by atomic mass is 32.2. The summed E-state index contributed by atoms with van der Waals surface area (Å²) in [6.07, 6.45) is 1.69. The number of hydrogen-bond acceptors (Lipinski definition) is 5. The van der Waals surface area contributed by atoms with Crippen LogP contribution < -0.4 is 10.9 Å². The Bertz CT molecular complexity index is 1010. The number of rotatable bonds is 5. The van der Waals surface area contributed by atoms with Crippen LogP contribution in [-0.4, -0.2) is 22.0 Å². The topological polar surface area (TPSA) is 64.2 Å². The van der Waals surface area contributed by atoms with Crippen molar-refractivity contribution in [3.63, 3.8) is 0 Å². The van der Waals surface area contributed by atoms with E-state index in [-0.39, 0.29) is 17.2 Å². The molecular weight excluding hydrogens is 380 g/mol. The molecule has 5 nitrogen and oxygen atoms in total. The molecule has 0 radical (unpaired) electrons. The maximum absolute atomic E-state index is 12.5. The number of anilines is 1. The van der Waals surface area contributed by atoms with Crippen LogP contribution in [0.15, 0.2) is 70.0 Å². The van der Waals surface area contributed by atoms with Crippen LogP contribution in [0.2, 0.25) is 0 Å². The van der Waals surface area contributed by atoms with Gasteiger partial charge < -0.3 is 14.3 Å². The second-order valence-corrected chi connectivity index (χ2v) is 8.81. The van der Waals surface area contributed by atoms with Crippen LogP contribution in [0.4, 0.5) is 5.69 Å². The van der Waals surface area contributed by atoms with E-state index >= 15 is 0 Å². The van der Waals surface area contributed by atoms with Crippen LogP contribution in [0.25, 0.3) is 0 Å². The summed E-state index contributed by atoms with van der Waals surface area (Å²) in [5.74, 6) is 2.80. The van der Waals surface area contributed by atoms with Gasteiger partial charge in [-0.3, -0.25) is 9.59 Å². The van der Waals surface area contributed by atoms with E-state index < -0.39 is 0 Å². The molecule has 1 amide bonds. The van der Waals surface area contributed by atoms with Crippen molar-refractivity contribution in [3.8, 4) is 0 Å². The van der Waals surface area contributed by atoms with E-state index in [1.54, 1.807) is 30.5 Å². The van der Waals surface area contributed by atoms with Gasteiger partial charge in [-0.1, -0.05) is 18.2 Å². The van der Waals surface area contributed by atoms with Crippen molar-refractivity contribution in [1.29, 1.82) is 0 Å². The maximum atomic E-state index is 12.5. The third-order valence-corrected chi connectivity index (χ3v) is 7.25. The Hall–Kier alpha value is -2.38. The molecule has 4 rings (SSSR count). The fourth-order valence-electron chi connectivity index (χ4n) is 2.85. The molecule has 1 N–H and O–H groups in total. The lowest BCUT2D eigenvalue weighted by Crippen LogP contribution is -2.18. The molecule has 1 saturated heterocycles. The van der Waals surface area contributed by atoms with Gasteiger partial charge in [-0.15, -0.1) is 23.5 Å². The first-order valence-electron chi connectivity index (χ1n) is 8.58. The molecule has 138 valence electrons. The second kappa shape index (κ2) is 8.10. The van der Waals surface area contributed by atoms with Gasteiger partial charge in [-0.05, 0) is 35.9 Å². The SMILES string of the molecule is O=C(Nc1cccc(C2SCCS2)c1)c1ccc(Cn2ccccc2=O)o1. The van der Waals surface area contributed by atoms with Gasteiger partial charge in [0.2, 0.25) is 0 Å². The van der Waals surface area contributed by atoms with Crippen LogP contribution in [0.1, 0.15) is 26.5 Å². The molecule has 0 aliphatic carbocycles. The van der Waals surface area contributed by atoms with Crippen LogP contribution in [0.3, 0.4) is 0 Å². The van der Waals surface area contributed by atoms with Crippen LogP contribution >= 0.6 is 23.5 Å². The highest BCUT2D eigenvalue weighted by Gasteiger charge is 2.19. The van der Waals surface area contributed by atoms with Gasteiger partial charge in [0.25, 0.3) is 11.5 Å². The first-order chi connectivity index (χ1) is 13.2. The largest absolute Gasteiger partial charge is 0.454 e. The Morgan fingerprint density at radius 2 is 1.96 bits per heavy atom. The van der Waals surface area contributed by atoms with Crippen molar-refractivity contribution < 1.29 is 9.21 Å². The molecule has 0 spiro atoms. The lowest BCUT2D eigenvalue weighted by Gasteiger charge is -2.10. The van der Waals surface area contributed by atoms with Gasteiger partial charge in [0, 0.05) is 29.5 Å². The average molecular weight is 399 g/mol. The molecule has 27 heavy (non-hydrogen) atoms. The third kappa shape index (κ3) is 4.31. The number of thioether (sulfide) groups is 2. The highest BCUT2D eigenvalue weighted by molar-refractivity contribution is 8.19. The van der Waals surface area contributed by atoms with Gasteiger partial charge in [0.05, 0.1) is 11.1 Å². The number of carbonyl (C=O) groups is 1. The van der Waals surface area contributed by atoms with Crippen molar-refractivity contribution >= 4 is 35.1 Å². The van der Waals surface area contributed by atoms with Crippen LogP contribution in [0, 0.1) is 0 Å². The van der Waals surface area contributed by atoms with Crippen LogP contribution in [-0.2, 0) is 6.54 Å². The first kappa shape index (κ1) is 18.0. The first-order valence-corrected chi connectivity index (χ1v) is 10.7. The van der Waals surface area contributed by atoms with Crippen molar-refractivity contribution in [1.82, 2.24) is 4.57 Å². The maximum Gasteiger partial charge on any atom is 0.291 e. The molecule has 2 aromatic heterocycles. The number of hydrogen-bond donors (Lipinski definition) is 1. The average Bonchev–Trinajstić information content (AvgIpc) is 3.36. The monoisotopic (exact) mass is 398 g/mol. The van der Waals surface area contributed by atoms with Gasteiger partial charge in [-0.2, -0.15) is 0 Å². The molecule has 3 aromatic rings. The number of amides is 1. The number of nitrogens with one attached hydrogen (secondary N) is 1. The number of nitrogens with zero attached hydrogens (tertiary/aromatic N) is 1. The Balaban J connectivity index is 1.45. The Kier molecular flexibility index (Phi) is 5.40. The van der Waals surface area contributed by atoms with Gasteiger partial charge >= 0.3 is 0 Å². The molecule has 0 atom stereocenters. The molecule has 7 heteroatoms. The minimum atomic E-state index is -0.300. The third-order valence-electron chi connectivity index (χ3n) is 4.15. The predicted octanol–water partition coefficient (Wildman–Crippen LogP) is 4.22. The van der Waals surface area contributed by atoms with E-state index in [1.165, 1.54) is 16.2 Å². The number of aromatic nitrogens is 1. The lowest BCUT2D eigenvalue weighted by atomic mass is 10.2. The van der Waals surface area contributed by atoms with E-state index in [9.17, 15) is 9.59 Å². The standard InChI is InChI=1S/C20H18N2O3S2/c23-18-6-1-2-9-22(18)13-16-7-8-17(25-16)19(24)21-15-5-3-4-14(12-15)20-26-10-11-27-20/h1-9,12,20H,10-11,13H2,(H,21,24). The smallest absolute Gasteiger partial charge is 0.291 e. The zero-order valence-electron chi connectivity index (χ0n) is 14.5. The highest BCUT2D eigenvalue weighted by Crippen LogP contribution is 2.45. The summed E-state index contributed by atoms with van der Waals surface area (Å²) >= 11 is 3.86. The summed E-state index contributed by atoms with van der Waals surface area (Å²) in [7, 11) is 0. The van der Waals surface area contributed by atoms with Gasteiger partial charge in [0.1, 0.15) is 5.76 Å². The molecule has 1 aliphatic rings. The number of furan rings is 1. The van der Waals surface area contributed by atoms with E-state index in [2.05, 4.69) is 11.4 Å². The summed E-state index contributed by atoms with van der Waals surface area (Å²) in [5.41, 5.74) is 1.85. The fourth-order valence-corrected chi connectivity index (χ4v) is 5.69. The van der Waals surface area contributed by atoms with E-state index in [1.807, 2.05) is 41.7 Å². The molecular formula is C20H18N2O3S2. The van der Waals surface area contributed by atoms with Crippen LogP contribution in [0.5, 0.6) is 0 Å². The Morgan fingerprint density at radius 1 is 1.11 bits per heavy atom. The zero-order chi connectivity index (χ0) is 18.6. The number of pyridine rings is 1. The summed E-state index contributed by atoms with van der Waals surface area (Å²) in [6, 6.07) is 16.3. The summed E-state index contributed by atoms with van der Waals surface area (Å²) in [6.45, 7) is 0.290. The quantitative estimate of drug-likeness (QED) is 0.697. The van der Waals surface area contributed by atoms with E-state index in [0.29, 0.717) is 16.9 Å². The lowest BCUT2D eigenvalue weighted by molar-refractivity contribution is 0.0994. The summed E-state index contributed by atoms with van der Waals surface area (Å²) in [5, 5.41) is 2.89. The molecule has 1 aliphatic heterocycles. The Morgan fingerprint density at radius 3 is 2.78 bits per heavy atom. The van der Waals surface area contributed by atoms with Crippen molar-refractivity contribution in [2.75, 3.05) is 16.8 Å². The molecule has 0 unspecified atom stereocenters. The molecule has 1 fully saturated rings. The predicted molar refractivity (Wildman–Crippen MR) is 111 cm³/mol. The second-order valence-electron chi connectivity index (χ2n) is 6.09. The normalized spacial score (nSPS) is 14.4. The fraction of sp³-hybridized carbons (Fsp3) is 0.200. The summed E-state index contributed by atoms with van der Waals surface area (Å²) < 4.78 is 7.59. The molecule has 0 bridgehead atoms. The van der Waals surface area contributed by atoms with Gasteiger partial charge in [-0.25, -0.2) is 0 Å². The number of benzene rings is 1. The summed E-state index contributed by atoms with van der Waals surface area (Å²) in [4.78, 5) is 24.3. The van der Waals surface area contributed by atoms with E-state index in [0.717, 1.165) is 17.2 Å².